The SMILES string of the molecule is CC[C@H](C(=O)NCc1ccco1)N(C(=O)CNS(=O)(=O)c1ccc(F)cc1)c1ccccc1C. The smallest absolute Gasteiger partial charge is 0.243 e. The summed E-state index contributed by atoms with van der Waals surface area (Å²) in [5.74, 6) is -1.03. The standard InChI is InChI=1S/C24H26FN3O5S/c1-3-21(24(30)26-15-19-8-6-14-33-19)28(22-9-5-4-7-17(22)2)23(29)16-27-34(31,32)20-12-10-18(25)11-13-20/h4-14,21,27H,3,15-16H2,1-2H3,(H,26,30)/t21-/m1/s1. The molecule has 34 heavy (non-hydrogen) atoms. The largest absolute Gasteiger partial charge is 0.467 e. The molecule has 8 nitrogen and oxygen atoms in total. The van der Waals surface area contributed by atoms with Gasteiger partial charge in [0, 0.05) is 5.69 Å². The van der Waals surface area contributed by atoms with E-state index in [-0.39, 0.29) is 17.9 Å². The summed E-state index contributed by atoms with van der Waals surface area (Å²) in [5, 5.41) is 2.76. The number of benzene rings is 2. The number of amides is 2. The number of carbonyl (C=O) groups excluding carboxylic acids is 2. The van der Waals surface area contributed by atoms with E-state index in [9.17, 15) is 22.4 Å². The minimum absolute atomic E-state index is 0.148. The lowest BCUT2D eigenvalue weighted by Gasteiger charge is -2.31. The summed E-state index contributed by atoms with van der Waals surface area (Å²) in [7, 11) is -4.07. The van der Waals surface area contributed by atoms with Gasteiger partial charge >= 0.3 is 0 Å². The van der Waals surface area contributed by atoms with Crippen molar-refractivity contribution in [3.63, 3.8) is 0 Å². The maximum absolute atomic E-state index is 13.3. The van der Waals surface area contributed by atoms with E-state index in [1.165, 1.54) is 11.2 Å². The fourth-order valence-electron chi connectivity index (χ4n) is 3.44. The Balaban J connectivity index is 1.83. The minimum atomic E-state index is -4.07. The van der Waals surface area contributed by atoms with Gasteiger partial charge < -0.3 is 9.73 Å². The predicted octanol–water partition coefficient (Wildman–Crippen LogP) is 3.13. The minimum Gasteiger partial charge on any atom is -0.467 e. The normalized spacial score (nSPS) is 12.2. The van der Waals surface area contributed by atoms with Crippen molar-refractivity contribution in [3.8, 4) is 0 Å². The summed E-state index contributed by atoms with van der Waals surface area (Å²) >= 11 is 0. The molecular weight excluding hydrogens is 461 g/mol. The van der Waals surface area contributed by atoms with Crippen LogP contribution in [0.25, 0.3) is 0 Å². The zero-order chi connectivity index (χ0) is 24.7. The molecule has 0 aliphatic heterocycles. The number of sulfonamides is 1. The second-order valence-electron chi connectivity index (χ2n) is 7.55. The number of anilines is 1. The Bertz CT molecular complexity index is 1230. The topological polar surface area (TPSA) is 109 Å². The van der Waals surface area contributed by atoms with E-state index >= 15 is 0 Å². The van der Waals surface area contributed by atoms with Crippen LogP contribution in [0.1, 0.15) is 24.7 Å². The number of hydrogen-bond donors (Lipinski definition) is 2. The van der Waals surface area contributed by atoms with Crippen molar-refractivity contribution in [2.75, 3.05) is 11.4 Å². The van der Waals surface area contributed by atoms with Gasteiger partial charge in [0.2, 0.25) is 21.8 Å². The number of furan rings is 1. The molecule has 0 radical (unpaired) electrons. The molecule has 3 aromatic rings. The third kappa shape index (κ3) is 6.09. The molecule has 0 bridgehead atoms. The molecule has 2 N–H and O–H groups in total. The summed E-state index contributed by atoms with van der Waals surface area (Å²) in [4.78, 5) is 27.5. The van der Waals surface area contributed by atoms with E-state index in [1.54, 1.807) is 50.2 Å². The Morgan fingerprint density at radius 1 is 1.06 bits per heavy atom. The van der Waals surface area contributed by atoms with Crippen molar-refractivity contribution >= 4 is 27.5 Å². The number of nitrogens with zero attached hydrogens (tertiary/aromatic N) is 1. The number of carbonyl (C=O) groups is 2. The average molecular weight is 488 g/mol. The lowest BCUT2D eigenvalue weighted by Crippen LogP contribution is -2.52. The Hall–Kier alpha value is -3.50. The van der Waals surface area contributed by atoms with Gasteiger partial charge in [0.15, 0.2) is 0 Å². The summed E-state index contributed by atoms with van der Waals surface area (Å²) in [5.41, 5.74) is 1.24. The van der Waals surface area contributed by atoms with Gasteiger partial charge in [-0.05, 0) is 61.4 Å². The van der Waals surface area contributed by atoms with Gasteiger partial charge in [-0.1, -0.05) is 25.1 Å². The molecule has 0 saturated heterocycles. The van der Waals surface area contributed by atoms with Crippen molar-refractivity contribution < 1.29 is 26.8 Å². The number of halogens is 1. The first kappa shape index (κ1) is 25.1. The fourth-order valence-corrected chi connectivity index (χ4v) is 4.41. The average Bonchev–Trinajstić information content (AvgIpc) is 3.34. The van der Waals surface area contributed by atoms with Crippen LogP contribution in [0.5, 0.6) is 0 Å². The molecule has 1 atom stereocenters. The van der Waals surface area contributed by atoms with Crippen LogP contribution in [0.3, 0.4) is 0 Å². The molecule has 1 aromatic heterocycles. The molecule has 1 heterocycles. The highest BCUT2D eigenvalue weighted by molar-refractivity contribution is 7.89. The molecule has 0 saturated carbocycles. The third-order valence-electron chi connectivity index (χ3n) is 5.20. The van der Waals surface area contributed by atoms with E-state index < -0.39 is 40.2 Å². The maximum Gasteiger partial charge on any atom is 0.243 e. The first-order chi connectivity index (χ1) is 16.2. The van der Waals surface area contributed by atoms with Gasteiger partial charge in [-0.25, -0.2) is 17.5 Å². The number of aryl methyl sites for hydroxylation is 1. The molecule has 2 aromatic carbocycles. The highest BCUT2D eigenvalue weighted by Gasteiger charge is 2.31. The highest BCUT2D eigenvalue weighted by atomic mass is 32.2. The van der Waals surface area contributed by atoms with Crippen LogP contribution < -0.4 is 14.9 Å². The van der Waals surface area contributed by atoms with Crippen LogP contribution in [0.4, 0.5) is 10.1 Å². The summed E-state index contributed by atoms with van der Waals surface area (Å²) < 4.78 is 45.8. The van der Waals surface area contributed by atoms with E-state index in [1.807, 2.05) is 0 Å². The van der Waals surface area contributed by atoms with Gasteiger partial charge in [0.05, 0.1) is 24.2 Å². The Kier molecular flexibility index (Phi) is 8.19. The van der Waals surface area contributed by atoms with Crippen LogP contribution in [-0.2, 0) is 26.2 Å². The number of para-hydroxylation sites is 1. The van der Waals surface area contributed by atoms with Gasteiger partial charge in [0.25, 0.3) is 0 Å². The van der Waals surface area contributed by atoms with Crippen LogP contribution >= 0.6 is 0 Å². The first-order valence-electron chi connectivity index (χ1n) is 10.7. The molecule has 0 aliphatic carbocycles. The highest BCUT2D eigenvalue weighted by Crippen LogP contribution is 2.24. The van der Waals surface area contributed by atoms with Gasteiger partial charge in [-0.3, -0.25) is 14.5 Å². The zero-order valence-corrected chi connectivity index (χ0v) is 19.6. The van der Waals surface area contributed by atoms with Crippen molar-refractivity contribution in [1.82, 2.24) is 10.0 Å². The van der Waals surface area contributed by atoms with Gasteiger partial charge in [0.1, 0.15) is 17.6 Å². The van der Waals surface area contributed by atoms with Gasteiger partial charge in [-0.2, -0.15) is 0 Å². The molecular formula is C24H26FN3O5S. The van der Waals surface area contributed by atoms with E-state index in [0.717, 1.165) is 29.8 Å². The maximum atomic E-state index is 13.3. The van der Waals surface area contributed by atoms with Crippen molar-refractivity contribution in [1.29, 1.82) is 0 Å². The quantitative estimate of drug-likeness (QED) is 0.457. The first-order valence-corrected chi connectivity index (χ1v) is 12.1. The number of hydrogen-bond acceptors (Lipinski definition) is 5. The Morgan fingerprint density at radius 2 is 1.76 bits per heavy atom. The molecule has 0 unspecified atom stereocenters. The van der Waals surface area contributed by atoms with Crippen LogP contribution in [0, 0.1) is 12.7 Å². The van der Waals surface area contributed by atoms with Crippen molar-refractivity contribution in [2.45, 2.75) is 37.8 Å². The monoisotopic (exact) mass is 487 g/mol. The molecule has 3 rings (SSSR count). The van der Waals surface area contributed by atoms with Crippen molar-refractivity contribution in [2.24, 2.45) is 0 Å². The Labute approximate surface area is 197 Å². The summed E-state index contributed by atoms with van der Waals surface area (Å²) in [6, 6.07) is 13.8. The van der Waals surface area contributed by atoms with E-state index in [4.69, 9.17) is 4.42 Å². The molecule has 2 amide bonds. The number of rotatable bonds is 10. The molecule has 10 heteroatoms. The third-order valence-corrected chi connectivity index (χ3v) is 6.62. The molecule has 180 valence electrons. The molecule has 0 spiro atoms. The fraction of sp³-hybridized carbons (Fsp3) is 0.250. The Morgan fingerprint density at radius 3 is 2.38 bits per heavy atom. The lowest BCUT2D eigenvalue weighted by atomic mass is 10.1. The molecule has 0 fully saturated rings. The second-order valence-corrected chi connectivity index (χ2v) is 9.32. The molecule has 0 aliphatic rings. The van der Waals surface area contributed by atoms with E-state index in [0.29, 0.717) is 11.4 Å². The van der Waals surface area contributed by atoms with Crippen LogP contribution in [0.2, 0.25) is 0 Å². The second kappa shape index (κ2) is 11.1. The summed E-state index contributed by atoms with van der Waals surface area (Å²) in [6.07, 6.45) is 1.78. The van der Waals surface area contributed by atoms with E-state index in [2.05, 4.69) is 10.0 Å². The number of nitrogens with one attached hydrogen (secondary N) is 2. The predicted molar refractivity (Wildman–Crippen MR) is 125 cm³/mol. The lowest BCUT2D eigenvalue weighted by molar-refractivity contribution is -0.126. The van der Waals surface area contributed by atoms with Crippen LogP contribution in [0.15, 0.2) is 76.2 Å². The zero-order valence-electron chi connectivity index (χ0n) is 18.8. The van der Waals surface area contributed by atoms with Crippen LogP contribution in [-0.4, -0.2) is 32.8 Å². The van der Waals surface area contributed by atoms with Gasteiger partial charge in [-0.15, -0.1) is 0 Å². The summed E-state index contributed by atoms with van der Waals surface area (Å²) in [6.45, 7) is 3.12. The van der Waals surface area contributed by atoms with Crippen molar-refractivity contribution in [3.05, 3.63) is 84.1 Å².